The van der Waals surface area contributed by atoms with Gasteiger partial charge in [0, 0.05) is 10.5 Å². The minimum Gasteiger partial charge on any atom is -0.493 e. The molecule has 0 aromatic heterocycles. The SMILES string of the molecule is COc1cc(/C=C/C(=O)OCCOc2ccc(Br)cc2)cc(OC)c1OC. The fraction of sp³-hybridized carbons (Fsp3) is 0.250. The molecule has 0 radical (unpaired) electrons. The molecule has 0 unspecified atom stereocenters. The van der Waals surface area contributed by atoms with Crippen LogP contribution in [0.1, 0.15) is 5.56 Å². The number of esters is 1. The van der Waals surface area contributed by atoms with Crippen LogP contribution in [0.15, 0.2) is 46.9 Å². The van der Waals surface area contributed by atoms with Crippen molar-refractivity contribution >= 4 is 28.0 Å². The zero-order chi connectivity index (χ0) is 19.6. The van der Waals surface area contributed by atoms with Gasteiger partial charge in [-0.25, -0.2) is 4.79 Å². The molecule has 0 atom stereocenters. The Labute approximate surface area is 166 Å². The third kappa shape index (κ3) is 6.21. The van der Waals surface area contributed by atoms with Gasteiger partial charge in [0.25, 0.3) is 0 Å². The summed E-state index contributed by atoms with van der Waals surface area (Å²) in [5.74, 6) is 1.75. The summed E-state index contributed by atoms with van der Waals surface area (Å²) in [5, 5.41) is 0. The van der Waals surface area contributed by atoms with E-state index in [1.165, 1.54) is 27.4 Å². The first-order chi connectivity index (χ1) is 13.1. The summed E-state index contributed by atoms with van der Waals surface area (Å²) in [6.45, 7) is 0.417. The fourth-order valence-corrected chi connectivity index (χ4v) is 2.51. The first-order valence-electron chi connectivity index (χ1n) is 8.10. The Kier molecular flexibility index (Phi) is 8.00. The lowest BCUT2D eigenvalue weighted by Gasteiger charge is -2.12. The van der Waals surface area contributed by atoms with Gasteiger partial charge in [0.05, 0.1) is 21.3 Å². The van der Waals surface area contributed by atoms with Gasteiger partial charge < -0.3 is 23.7 Å². The lowest BCUT2D eigenvalue weighted by molar-refractivity contribution is -0.138. The molecule has 0 aliphatic rings. The highest BCUT2D eigenvalue weighted by Gasteiger charge is 2.12. The van der Waals surface area contributed by atoms with E-state index in [1.807, 2.05) is 24.3 Å². The monoisotopic (exact) mass is 436 g/mol. The maximum absolute atomic E-state index is 11.8. The third-order valence-corrected chi connectivity index (χ3v) is 4.04. The molecular formula is C20H21BrO6. The van der Waals surface area contributed by atoms with Crippen LogP contribution in [0.2, 0.25) is 0 Å². The summed E-state index contributed by atoms with van der Waals surface area (Å²) in [6, 6.07) is 10.9. The molecular weight excluding hydrogens is 416 g/mol. The largest absolute Gasteiger partial charge is 0.493 e. The van der Waals surface area contributed by atoms with Gasteiger partial charge >= 0.3 is 5.97 Å². The Balaban J connectivity index is 1.87. The van der Waals surface area contributed by atoms with Crippen LogP contribution in [0.3, 0.4) is 0 Å². The van der Waals surface area contributed by atoms with E-state index in [0.717, 1.165) is 4.47 Å². The van der Waals surface area contributed by atoms with Crippen LogP contribution in [-0.4, -0.2) is 40.5 Å². The van der Waals surface area contributed by atoms with Gasteiger partial charge in [-0.1, -0.05) is 15.9 Å². The minimum atomic E-state index is -0.469. The van der Waals surface area contributed by atoms with E-state index in [9.17, 15) is 4.79 Å². The zero-order valence-corrected chi connectivity index (χ0v) is 16.9. The van der Waals surface area contributed by atoms with Crippen molar-refractivity contribution in [2.75, 3.05) is 34.5 Å². The van der Waals surface area contributed by atoms with Gasteiger partial charge in [0.1, 0.15) is 19.0 Å². The van der Waals surface area contributed by atoms with Gasteiger partial charge in [-0.2, -0.15) is 0 Å². The van der Waals surface area contributed by atoms with Crippen molar-refractivity contribution in [3.8, 4) is 23.0 Å². The number of hydrogen-bond donors (Lipinski definition) is 0. The summed E-state index contributed by atoms with van der Waals surface area (Å²) in [5.41, 5.74) is 0.715. The molecule has 0 bridgehead atoms. The van der Waals surface area contributed by atoms with Crippen molar-refractivity contribution in [3.05, 3.63) is 52.5 Å². The van der Waals surface area contributed by atoms with Crippen LogP contribution in [-0.2, 0) is 9.53 Å². The standard InChI is InChI=1S/C20H21BrO6/c1-23-17-12-14(13-18(24-2)20(17)25-3)4-9-19(22)27-11-10-26-16-7-5-15(21)6-8-16/h4-9,12-13H,10-11H2,1-3H3/b9-4+. The Bertz CT molecular complexity index is 761. The summed E-state index contributed by atoms with van der Waals surface area (Å²) in [6.07, 6.45) is 2.95. The Morgan fingerprint density at radius 1 is 0.963 bits per heavy atom. The molecule has 2 aromatic carbocycles. The molecule has 2 aromatic rings. The molecule has 0 N–H and O–H groups in total. The van der Waals surface area contributed by atoms with E-state index in [1.54, 1.807) is 18.2 Å². The van der Waals surface area contributed by atoms with E-state index in [-0.39, 0.29) is 13.2 Å². The smallest absolute Gasteiger partial charge is 0.330 e. The Morgan fingerprint density at radius 2 is 1.59 bits per heavy atom. The summed E-state index contributed by atoms with van der Waals surface area (Å²) in [7, 11) is 4.60. The average Bonchev–Trinajstić information content (AvgIpc) is 2.70. The highest BCUT2D eigenvalue weighted by molar-refractivity contribution is 9.10. The second-order valence-corrected chi connectivity index (χ2v) is 6.18. The molecule has 0 spiro atoms. The van der Waals surface area contributed by atoms with Crippen molar-refractivity contribution in [3.63, 3.8) is 0 Å². The molecule has 0 aliphatic carbocycles. The van der Waals surface area contributed by atoms with Crippen molar-refractivity contribution in [2.24, 2.45) is 0 Å². The number of benzene rings is 2. The predicted molar refractivity (Wildman–Crippen MR) is 106 cm³/mol. The van der Waals surface area contributed by atoms with Crippen LogP contribution in [0, 0.1) is 0 Å². The molecule has 0 fully saturated rings. The molecule has 6 nitrogen and oxygen atoms in total. The van der Waals surface area contributed by atoms with Crippen LogP contribution >= 0.6 is 15.9 Å². The van der Waals surface area contributed by atoms with Crippen molar-refractivity contribution < 1.29 is 28.5 Å². The summed E-state index contributed by atoms with van der Waals surface area (Å²) < 4.78 is 27.4. The molecule has 0 aliphatic heterocycles. The minimum absolute atomic E-state index is 0.147. The number of halogens is 1. The van der Waals surface area contributed by atoms with Gasteiger partial charge in [-0.15, -0.1) is 0 Å². The lowest BCUT2D eigenvalue weighted by Crippen LogP contribution is -2.10. The number of carbonyl (C=O) groups excluding carboxylic acids is 1. The quantitative estimate of drug-likeness (QED) is 0.334. The fourth-order valence-electron chi connectivity index (χ4n) is 2.24. The number of carbonyl (C=O) groups is 1. The summed E-state index contributed by atoms with van der Waals surface area (Å²) >= 11 is 3.35. The molecule has 27 heavy (non-hydrogen) atoms. The van der Waals surface area contributed by atoms with E-state index < -0.39 is 5.97 Å². The number of ether oxygens (including phenoxy) is 5. The zero-order valence-electron chi connectivity index (χ0n) is 15.4. The van der Waals surface area contributed by atoms with E-state index in [0.29, 0.717) is 28.6 Å². The highest BCUT2D eigenvalue weighted by atomic mass is 79.9. The topological polar surface area (TPSA) is 63.2 Å². The number of methoxy groups -OCH3 is 3. The van der Waals surface area contributed by atoms with Crippen LogP contribution in [0.5, 0.6) is 23.0 Å². The second-order valence-electron chi connectivity index (χ2n) is 5.26. The van der Waals surface area contributed by atoms with E-state index in [2.05, 4.69) is 15.9 Å². The van der Waals surface area contributed by atoms with Gasteiger partial charge in [-0.05, 0) is 48.0 Å². The average molecular weight is 437 g/mol. The first-order valence-corrected chi connectivity index (χ1v) is 8.90. The molecule has 2 rings (SSSR count). The highest BCUT2D eigenvalue weighted by Crippen LogP contribution is 2.38. The number of hydrogen-bond acceptors (Lipinski definition) is 6. The lowest BCUT2D eigenvalue weighted by atomic mass is 10.1. The summed E-state index contributed by atoms with van der Waals surface area (Å²) in [4.78, 5) is 11.8. The Hall–Kier alpha value is -2.67. The Morgan fingerprint density at radius 3 is 2.15 bits per heavy atom. The number of rotatable bonds is 9. The molecule has 0 heterocycles. The predicted octanol–water partition coefficient (Wildman–Crippen LogP) is 4.11. The molecule has 0 saturated carbocycles. The van der Waals surface area contributed by atoms with Gasteiger partial charge in [-0.3, -0.25) is 0 Å². The van der Waals surface area contributed by atoms with Crippen molar-refractivity contribution in [1.82, 2.24) is 0 Å². The maximum atomic E-state index is 11.8. The normalized spacial score (nSPS) is 10.5. The first kappa shape index (κ1) is 20.6. The molecule has 0 saturated heterocycles. The van der Waals surface area contributed by atoms with Crippen molar-refractivity contribution in [1.29, 1.82) is 0 Å². The second kappa shape index (κ2) is 10.5. The van der Waals surface area contributed by atoms with Crippen LogP contribution in [0.4, 0.5) is 0 Å². The van der Waals surface area contributed by atoms with E-state index in [4.69, 9.17) is 23.7 Å². The van der Waals surface area contributed by atoms with Crippen molar-refractivity contribution in [2.45, 2.75) is 0 Å². The maximum Gasteiger partial charge on any atom is 0.330 e. The van der Waals surface area contributed by atoms with Crippen LogP contribution < -0.4 is 18.9 Å². The molecule has 7 heteroatoms. The molecule has 144 valence electrons. The third-order valence-electron chi connectivity index (χ3n) is 3.51. The van der Waals surface area contributed by atoms with Gasteiger partial charge in [0.2, 0.25) is 5.75 Å². The van der Waals surface area contributed by atoms with Gasteiger partial charge in [0.15, 0.2) is 11.5 Å². The molecule has 0 amide bonds. The van der Waals surface area contributed by atoms with Crippen LogP contribution in [0.25, 0.3) is 6.08 Å². The van der Waals surface area contributed by atoms with E-state index >= 15 is 0 Å².